The molecule has 4 heterocycles. The molecule has 36 heavy (non-hydrogen) atoms. The van der Waals surface area contributed by atoms with E-state index >= 15 is 0 Å². The van der Waals surface area contributed by atoms with Gasteiger partial charge in [-0.1, -0.05) is 57.1 Å². The highest BCUT2D eigenvalue weighted by atomic mass is 35.5. The van der Waals surface area contributed by atoms with E-state index in [0.29, 0.717) is 21.4 Å². The number of carboxylic acid groups (broad SMARTS) is 1. The van der Waals surface area contributed by atoms with Crippen LogP contribution in [0.3, 0.4) is 0 Å². The number of terminal acetylenes is 1. The van der Waals surface area contributed by atoms with Gasteiger partial charge in [0.1, 0.15) is 32.2 Å². The Morgan fingerprint density at radius 3 is 2.83 bits per heavy atom. The lowest BCUT2D eigenvalue weighted by Gasteiger charge is -2.49. The molecular formula is C19H16ClN7O5S4. The van der Waals surface area contributed by atoms with Crippen LogP contribution in [0.25, 0.3) is 0 Å². The molecule has 4 N–H and O–H groups in total. The van der Waals surface area contributed by atoms with Crippen LogP contribution in [0.4, 0.5) is 5.13 Å². The van der Waals surface area contributed by atoms with E-state index < -0.39 is 29.2 Å². The second-order valence-electron chi connectivity index (χ2n) is 7.09. The molecule has 2 aromatic heterocycles. The fourth-order valence-electron chi connectivity index (χ4n) is 3.28. The van der Waals surface area contributed by atoms with Gasteiger partial charge < -0.3 is 21.0 Å². The molecule has 0 radical (unpaired) electrons. The van der Waals surface area contributed by atoms with Crippen LogP contribution >= 0.6 is 57.8 Å². The zero-order valence-electron chi connectivity index (χ0n) is 18.3. The van der Waals surface area contributed by atoms with Crippen LogP contribution in [0.2, 0.25) is 4.34 Å². The van der Waals surface area contributed by atoms with E-state index in [0.717, 1.165) is 16.3 Å². The number of hydrogen-bond donors (Lipinski definition) is 3. The second kappa shape index (κ2) is 11.0. The maximum atomic E-state index is 13.0. The Morgan fingerprint density at radius 2 is 2.22 bits per heavy atom. The van der Waals surface area contributed by atoms with Gasteiger partial charge >= 0.3 is 5.97 Å². The van der Waals surface area contributed by atoms with Crippen molar-refractivity contribution in [2.24, 2.45) is 5.16 Å². The standard InChI is InChI=1S/C19H16ClN7O5S4/c1-3-4-32-26-10(9-13(20)36-18(21)23-9)14(28)22-11-15(29)27-12(17(30)31)8(5-33-16(11)27)6-34-19-25-24-7(2)35-19/h1,11,16H,4-6H2,2H3,(H2,21,23)(H,22,28)(H,30,31)/b26-10-/t11?,16-/m1/s1. The number of aromatic nitrogens is 3. The van der Waals surface area contributed by atoms with Gasteiger partial charge in [-0.15, -0.1) is 28.4 Å². The summed E-state index contributed by atoms with van der Waals surface area (Å²) >= 11 is 11.2. The van der Waals surface area contributed by atoms with Crippen molar-refractivity contribution in [3.63, 3.8) is 0 Å². The van der Waals surface area contributed by atoms with Crippen molar-refractivity contribution in [2.75, 3.05) is 23.8 Å². The summed E-state index contributed by atoms with van der Waals surface area (Å²) in [5.41, 5.74) is 5.82. The van der Waals surface area contributed by atoms with E-state index in [1.807, 2.05) is 6.92 Å². The number of aliphatic carboxylic acids is 1. The quantitative estimate of drug-likeness (QED) is 0.0969. The van der Waals surface area contributed by atoms with Gasteiger partial charge in [-0.2, -0.15) is 0 Å². The number of aryl methyl sites for hydroxylation is 1. The Balaban J connectivity index is 1.51. The molecule has 1 unspecified atom stereocenters. The molecule has 0 bridgehead atoms. The fraction of sp³-hybridized carbons (Fsp3) is 0.316. The van der Waals surface area contributed by atoms with Crippen LogP contribution < -0.4 is 11.1 Å². The molecule has 12 nitrogen and oxygen atoms in total. The molecule has 17 heteroatoms. The molecule has 2 aliphatic heterocycles. The first-order valence-corrected chi connectivity index (χ1v) is 13.9. The molecule has 1 fully saturated rings. The molecule has 2 amide bonds. The van der Waals surface area contributed by atoms with Crippen LogP contribution in [-0.2, 0) is 19.2 Å². The number of fused-ring (bicyclic) bond motifs is 1. The normalized spacial score (nSPS) is 19.4. The number of nitrogens with two attached hydrogens (primary N) is 1. The number of nitrogens with zero attached hydrogens (tertiary/aromatic N) is 5. The molecule has 2 atom stereocenters. The number of thioether (sulfide) groups is 2. The monoisotopic (exact) mass is 585 g/mol. The molecule has 0 spiro atoms. The topological polar surface area (TPSA) is 173 Å². The van der Waals surface area contributed by atoms with Gasteiger partial charge in [0.2, 0.25) is 0 Å². The number of carbonyl (C=O) groups is 3. The van der Waals surface area contributed by atoms with Crippen LogP contribution in [0.1, 0.15) is 10.7 Å². The molecule has 0 aromatic carbocycles. The number of thiazole rings is 1. The number of oxime groups is 1. The van der Waals surface area contributed by atoms with Gasteiger partial charge in [-0.25, -0.2) is 9.78 Å². The number of nitrogens with one attached hydrogen (secondary N) is 1. The van der Waals surface area contributed by atoms with Crippen molar-refractivity contribution < 1.29 is 24.3 Å². The highest BCUT2D eigenvalue weighted by molar-refractivity contribution is 8.01. The Kier molecular flexibility index (Phi) is 8.05. The lowest BCUT2D eigenvalue weighted by molar-refractivity contribution is -0.150. The Bertz CT molecular complexity index is 1330. The summed E-state index contributed by atoms with van der Waals surface area (Å²) in [6, 6.07) is -0.996. The molecule has 2 aliphatic rings. The number of carboxylic acids is 1. The zero-order valence-corrected chi connectivity index (χ0v) is 22.3. The van der Waals surface area contributed by atoms with E-state index in [1.165, 1.54) is 39.8 Å². The number of β-lactam (4-membered cyclic amide) rings is 1. The van der Waals surface area contributed by atoms with Gasteiger partial charge in [0.15, 0.2) is 21.8 Å². The largest absolute Gasteiger partial charge is 0.477 e. The molecule has 0 saturated carbocycles. The van der Waals surface area contributed by atoms with E-state index in [1.54, 1.807) is 0 Å². The van der Waals surface area contributed by atoms with Crippen molar-refractivity contribution in [3.05, 3.63) is 26.3 Å². The fourth-order valence-corrected chi connectivity index (χ4v) is 7.51. The van der Waals surface area contributed by atoms with Gasteiger partial charge in [-0.3, -0.25) is 14.5 Å². The summed E-state index contributed by atoms with van der Waals surface area (Å²) in [6.45, 7) is 1.61. The average molecular weight is 586 g/mol. The molecule has 4 rings (SSSR count). The second-order valence-corrected chi connectivity index (χ2v) is 12.2. The maximum Gasteiger partial charge on any atom is 0.352 e. The number of hydrogen-bond acceptors (Lipinski definition) is 13. The number of rotatable bonds is 9. The maximum absolute atomic E-state index is 13.0. The van der Waals surface area contributed by atoms with Crippen LogP contribution in [0.5, 0.6) is 0 Å². The Labute approximate surface area is 225 Å². The smallest absolute Gasteiger partial charge is 0.352 e. The van der Waals surface area contributed by atoms with Gasteiger partial charge in [0.25, 0.3) is 11.8 Å². The van der Waals surface area contributed by atoms with Crippen LogP contribution in [0, 0.1) is 19.3 Å². The highest BCUT2D eigenvalue weighted by Gasteiger charge is 2.54. The van der Waals surface area contributed by atoms with Crippen molar-refractivity contribution in [3.8, 4) is 12.3 Å². The van der Waals surface area contributed by atoms with Gasteiger partial charge in [0.05, 0.1) is 0 Å². The molecule has 2 aromatic rings. The molecule has 0 aliphatic carbocycles. The van der Waals surface area contributed by atoms with Crippen molar-refractivity contribution in [1.29, 1.82) is 0 Å². The van der Waals surface area contributed by atoms with Crippen molar-refractivity contribution in [1.82, 2.24) is 25.4 Å². The van der Waals surface area contributed by atoms with E-state index in [2.05, 4.69) is 31.6 Å². The minimum atomic E-state index is -1.22. The number of anilines is 1. The summed E-state index contributed by atoms with van der Waals surface area (Å²) in [5.74, 6) is 0.311. The summed E-state index contributed by atoms with van der Waals surface area (Å²) in [7, 11) is 0. The minimum Gasteiger partial charge on any atom is -0.477 e. The molecule has 1 saturated heterocycles. The van der Waals surface area contributed by atoms with Gasteiger partial charge in [-0.05, 0) is 12.5 Å². The van der Waals surface area contributed by atoms with E-state index in [4.69, 9.17) is 28.6 Å². The summed E-state index contributed by atoms with van der Waals surface area (Å²) in [4.78, 5) is 48.2. The van der Waals surface area contributed by atoms with E-state index in [-0.39, 0.29) is 33.2 Å². The van der Waals surface area contributed by atoms with Crippen LogP contribution in [-0.4, -0.2) is 78.2 Å². The molecule has 188 valence electrons. The first-order valence-electron chi connectivity index (χ1n) is 9.90. The summed E-state index contributed by atoms with van der Waals surface area (Å²) < 4.78 is 0.806. The third kappa shape index (κ3) is 5.30. The number of amides is 2. The Morgan fingerprint density at radius 1 is 1.44 bits per heavy atom. The number of carbonyl (C=O) groups excluding carboxylic acids is 2. The number of nitrogen functional groups attached to an aromatic ring is 1. The lowest BCUT2D eigenvalue weighted by Crippen LogP contribution is -2.71. The summed E-state index contributed by atoms with van der Waals surface area (Å²) in [6.07, 6.45) is 5.15. The SMILES string of the molecule is C#CCO/N=C(\C(=O)NC1C(=O)N2C(C(=O)O)=C(CSc3nnc(C)s3)CS[C@H]12)c1nc(N)sc1Cl. The first kappa shape index (κ1) is 26.2. The predicted molar refractivity (Wildman–Crippen MR) is 138 cm³/mol. The van der Waals surface area contributed by atoms with Crippen LogP contribution in [0.15, 0.2) is 20.8 Å². The van der Waals surface area contributed by atoms with Crippen molar-refractivity contribution in [2.45, 2.75) is 22.7 Å². The minimum absolute atomic E-state index is 0.0223. The Hall–Kier alpha value is -2.84. The van der Waals surface area contributed by atoms with Gasteiger partial charge in [0, 0.05) is 11.5 Å². The lowest BCUT2D eigenvalue weighted by atomic mass is 10.0. The number of halogens is 1. The third-order valence-corrected chi connectivity index (χ3v) is 9.24. The van der Waals surface area contributed by atoms with E-state index in [9.17, 15) is 19.5 Å². The average Bonchev–Trinajstić information content (AvgIpc) is 3.41. The van der Waals surface area contributed by atoms with Crippen molar-refractivity contribution >= 4 is 86.4 Å². The zero-order chi connectivity index (χ0) is 26.0. The predicted octanol–water partition coefficient (Wildman–Crippen LogP) is 1.42. The third-order valence-electron chi connectivity index (χ3n) is 4.76. The highest BCUT2D eigenvalue weighted by Crippen LogP contribution is 2.42. The summed E-state index contributed by atoms with van der Waals surface area (Å²) in [5, 5.41) is 24.4. The molecular weight excluding hydrogens is 570 g/mol. The first-order chi connectivity index (χ1) is 17.2.